The fraction of sp³-hybridized carbons (Fsp3) is 0.300. The lowest BCUT2D eigenvalue weighted by Crippen LogP contribution is -2.08. The van der Waals surface area contributed by atoms with Crippen molar-refractivity contribution in [1.82, 2.24) is 20.2 Å². The molecule has 0 radical (unpaired) electrons. The molecule has 0 amide bonds. The van der Waals surface area contributed by atoms with Gasteiger partial charge in [0.15, 0.2) is 10.8 Å². The van der Waals surface area contributed by atoms with E-state index in [2.05, 4.69) is 32.0 Å². The van der Waals surface area contributed by atoms with Gasteiger partial charge in [0.05, 0.1) is 11.9 Å². The Morgan fingerprint density at radius 2 is 2.41 bits per heavy atom. The van der Waals surface area contributed by atoms with Crippen LogP contribution in [0.1, 0.15) is 0 Å². The quantitative estimate of drug-likeness (QED) is 0.467. The van der Waals surface area contributed by atoms with E-state index in [0.29, 0.717) is 28.5 Å². The van der Waals surface area contributed by atoms with Crippen molar-refractivity contribution >= 4 is 22.8 Å². The maximum atomic E-state index is 11.6. The molecular formula is C10H10N4O2S. The normalized spacial score (nSPS) is 10.2. The summed E-state index contributed by atoms with van der Waals surface area (Å²) in [5.41, 5.74) is 0.289. The summed E-state index contributed by atoms with van der Waals surface area (Å²) in [5.74, 6) is 6.26. The minimum atomic E-state index is -0.198. The number of aromatic nitrogens is 4. The summed E-state index contributed by atoms with van der Waals surface area (Å²) in [6, 6.07) is 0. The largest absolute Gasteiger partial charge is 0.372 e. The molecule has 17 heavy (non-hydrogen) atoms. The van der Waals surface area contributed by atoms with Gasteiger partial charge in [0, 0.05) is 7.11 Å². The molecule has 0 aliphatic carbocycles. The van der Waals surface area contributed by atoms with Crippen LogP contribution < -0.4 is 5.56 Å². The van der Waals surface area contributed by atoms with E-state index in [1.54, 1.807) is 7.11 Å². The lowest BCUT2D eigenvalue weighted by molar-refractivity contribution is 0.240. The summed E-state index contributed by atoms with van der Waals surface area (Å²) in [4.78, 5) is 18.4. The van der Waals surface area contributed by atoms with E-state index in [1.165, 1.54) is 18.0 Å². The third kappa shape index (κ3) is 2.87. The highest BCUT2D eigenvalue weighted by molar-refractivity contribution is 7.99. The summed E-state index contributed by atoms with van der Waals surface area (Å²) in [6.07, 6.45) is 1.45. The molecule has 0 spiro atoms. The molecule has 0 saturated heterocycles. The van der Waals surface area contributed by atoms with Crippen LogP contribution in [0.5, 0.6) is 0 Å². The molecule has 0 unspecified atom stereocenters. The molecule has 2 heterocycles. The Morgan fingerprint density at radius 1 is 1.53 bits per heavy atom. The fourth-order valence-corrected chi connectivity index (χ4v) is 1.80. The maximum Gasteiger partial charge on any atom is 0.262 e. The third-order valence-corrected chi connectivity index (χ3v) is 2.68. The van der Waals surface area contributed by atoms with Crippen LogP contribution in [-0.4, -0.2) is 39.6 Å². The molecule has 0 saturated carbocycles. The number of ether oxygens (including phenoxy) is 1. The van der Waals surface area contributed by atoms with Crippen molar-refractivity contribution in [2.45, 2.75) is 5.16 Å². The Morgan fingerprint density at radius 3 is 3.24 bits per heavy atom. The number of hydrogen-bond donors (Lipinski definition) is 2. The first-order chi connectivity index (χ1) is 8.31. The number of nitrogens with one attached hydrogen (secondary N) is 2. The van der Waals surface area contributed by atoms with Crippen molar-refractivity contribution in [3.63, 3.8) is 0 Å². The van der Waals surface area contributed by atoms with E-state index in [1.807, 2.05) is 0 Å². The van der Waals surface area contributed by atoms with Gasteiger partial charge in [0.2, 0.25) is 0 Å². The van der Waals surface area contributed by atoms with Crippen molar-refractivity contribution in [2.24, 2.45) is 0 Å². The van der Waals surface area contributed by atoms with Gasteiger partial charge >= 0.3 is 0 Å². The fourth-order valence-electron chi connectivity index (χ4n) is 1.17. The zero-order valence-electron chi connectivity index (χ0n) is 9.11. The van der Waals surface area contributed by atoms with Crippen molar-refractivity contribution in [3.05, 3.63) is 16.6 Å². The Labute approximate surface area is 101 Å². The van der Waals surface area contributed by atoms with Crippen LogP contribution in [0, 0.1) is 11.8 Å². The van der Waals surface area contributed by atoms with Gasteiger partial charge in [0.25, 0.3) is 5.56 Å². The minimum Gasteiger partial charge on any atom is -0.372 e. The van der Waals surface area contributed by atoms with Gasteiger partial charge in [-0.2, -0.15) is 5.10 Å². The van der Waals surface area contributed by atoms with Crippen LogP contribution in [0.15, 0.2) is 16.1 Å². The Bertz CT molecular complexity index is 622. The molecule has 2 rings (SSSR count). The van der Waals surface area contributed by atoms with Gasteiger partial charge in [-0.05, 0) is 0 Å². The van der Waals surface area contributed by atoms with Gasteiger partial charge < -0.3 is 9.72 Å². The van der Waals surface area contributed by atoms with Gasteiger partial charge in [0.1, 0.15) is 12.0 Å². The van der Waals surface area contributed by atoms with Crippen molar-refractivity contribution in [3.8, 4) is 11.8 Å². The summed E-state index contributed by atoms with van der Waals surface area (Å²) >= 11 is 1.36. The molecule has 2 N–H and O–H groups in total. The third-order valence-electron chi connectivity index (χ3n) is 1.92. The van der Waals surface area contributed by atoms with Crippen LogP contribution in [0.2, 0.25) is 0 Å². The van der Waals surface area contributed by atoms with Crippen molar-refractivity contribution < 1.29 is 4.74 Å². The molecule has 7 heteroatoms. The van der Waals surface area contributed by atoms with E-state index in [9.17, 15) is 4.79 Å². The van der Waals surface area contributed by atoms with Crippen LogP contribution in [0.3, 0.4) is 0 Å². The van der Waals surface area contributed by atoms with Crippen LogP contribution in [0.4, 0.5) is 0 Å². The molecule has 0 atom stereocenters. The Kier molecular flexibility index (Phi) is 3.80. The van der Waals surface area contributed by atoms with Gasteiger partial charge in [-0.25, -0.2) is 4.98 Å². The van der Waals surface area contributed by atoms with E-state index >= 15 is 0 Å². The number of fused-ring (bicyclic) bond motifs is 1. The van der Waals surface area contributed by atoms with Crippen molar-refractivity contribution in [1.29, 1.82) is 0 Å². The minimum absolute atomic E-state index is 0.198. The topological polar surface area (TPSA) is 83.7 Å². The number of methoxy groups -OCH3 is 1. The Hall–Kier alpha value is -1.78. The zero-order valence-corrected chi connectivity index (χ0v) is 9.93. The molecule has 2 aromatic rings. The molecule has 0 bridgehead atoms. The summed E-state index contributed by atoms with van der Waals surface area (Å²) in [6.45, 7) is 0.407. The van der Waals surface area contributed by atoms with E-state index < -0.39 is 0 Å². The number of nitrogens with zero attached hydrogens (tertiary/aromatic N) is 2. The van der Waals surface area contributed by atoms with Gasteiger partial charge in [-0.1, -0.05) is 23.6 Å². The molecule has 0 aliphatic rings. The first-order valence-electron chi connectivity index (χ1n) is 4.82. The smallest absolute Gasteiger partial charge is 0.262 e. The summed E-state index contributed by atoms with van der Waals surface area (Å²) < 4.78 is 4.79. The van der Waals surface area contributed by atoms with Gasteiger partial charge in [-0.3, -0.25) is 9.89 Å². The highest BCUT2D eigenvalue weighted by Gasteiger charge is 2.04. The Balaban J connectivity index is 2.09. The molecule has 6 nitrogen and oxygen atoms in total. The second-order valence-electron chi connectivity index (χ2n) is 3.08. The summed E-state index contributed by atoms with van der Waals surface area (Å²) in [7, 11) is 1.59. The standard InChI is InChI=1S/C10H10N4O2S/c1-16-4-2-3-5-17-10-12-8-7(6-11-14-8)9(15)13-10/h6H,4-5H2,1H3,(H2,11,12,13,14,15). The van der Waals surface area contributed by atoms with Gasteiger partial charge in [-0.15, -0.1) is 0 Å². The second-order valence-corrected chi connectivity index (χ2v) is 4.04. The molecular weight excluding hydrogens is 240 g/mol. The predicted octanol–water partition coefficient (Wildman–Crippen LogP) is 0.388. The average molecular weight is 250 g/mol. The summed E-state index contributed by atoms with van der Waals surface area (Å²) in [5, 5.41) is 7.41. The SMILES string of the molecule is COCC#CCSc1nc2[nH]ncc2c(=O)[nH]1. The first-order valence-corrected chi connectivity index (χ1v) is 5.80. The number of thioether (sulfide) groups is 1. The lowest BCUT2D eigenvalue weighted by Gasteiger charge is -1.95. The molecule has 88 valence electrons. The van der Waals surface area contributed by atoms with E-state index in [4.69, 9.17) is 4.74 Å². The lowest BCUT2D eigenvalue weighted by atomic mass is 10.4. The highest BCUT2D eigenvalue weighted by atomic mass is 32.2. The number of hydrogen-bond acceptors (Lipinski definition) is 5. The zero-order chi connectivity index (χ0) is 12.1. The number of rotatable bonds is 3. The monoisotopic (exact) mass is 250 g/mol. The molecule has 0 aliphatic heterocycles. The molecule has 0 fully saturated rings. The predicted molar refractivity (Wildman–Crippen MR) is 64.9 cm³/mol. The second kappa shape index (κ2) is 5.52. The van der Waals surface area contributed by atoms with Crippen LogP contribution in [-0.2, 0) is 4.74 Å². The number of aromatic amines is 2. The first kappa shape index (κ1) is 11.7. The highest BCUT2D eigenvalue weighted by Crippen LogP contribution is 2.11. The van der Waals surface area contributed by atoms with Crippen molar-refractivity contribution in [2.75, 3.05) is 19.5 Å². The maximum absolute atomic E-state index is 11.6. The van der Waals surface area contributed by atoms with Crippen LogP contribution in [0.25, 0.3) is 11.0 Å². The molecule has 0 aromatic carbocycles. The van der Waals surface area contributed by atoms with E-state index in [-0.39, 0.29) is 5.56 Å². The van der Waals surface area contributed by atoms with Crippen LogP contribution >= 0.6 is 11.8 Å². The van der Waals surface area contributed by atoms with E-state index in [0.717, 1.165) is 0 Å². The molecule has 2 aromatic heterocycles. The number of H-pyrrole nitrogens is 2. The average Bonchev–Trinajstić information content (AvgIpc) is 2.77.